The summed E-state index contributed by atoms with van der Waals surface area (Å²) in [6.07, 6.45) is 5.73. The third-order valence-corrected chi connectivity index (χ3v) is 12.0. The Labute approximate surface area is 345 Å². The molecule has 1 atom stereocenters. The fraction of sp³-hybridized carbons (Fsp3) is 0.0526. The third-order valence-electron chi connectivity index (χ3n) is 12.0. The van der Waals surface area contributed by atoms with Gasteiger partial charge in [-0.2, -0.15) is 0 Å². The molecule has 0 amide bonds. The lowest BCUT2D eigenvalue weighted by Crippen LogP contribution is -2.13. The van der Waals surface area contributed by atoms with Gasteiger partial charge in [0.15, 0.2) is 0 Å². The van der Waals surface area contributed by atoms with Crippen molar-refractivity contribution in [1.29, 1.82) is 0 Å². The highest BCUT2D eigenvalue weighted by atomic mass is 16.3. The van der Waals surface area contributed by atoms with E-state index in [1.54, 1.807) is 0 Å². The molecule has 0 N–H and O–H groups in total. The van der Waals surface area contributed by atoms with Crippen LogP contribution in [0.1, 0.15) is 18.1 Å². The van der Waals surface area contributed by atoms with E-state index in [1.165, 1.54) is 44.2 Å². The maximum atomic E-state index is 6.30. The summed E-state index contributed by atoms with van der Waals surface area (Å²) in [5, 5.41) is 4.90. The molecule has 0 aliphatic heterocycles. The van der Waals surface area contributed by atoms with Crippen LogP contribution in [0.4, 0.5) is 17.1 Å². The van der Waals surface area contributed by atoms with Crippen LogP contribution in [-0.2, 0) is 6.42 Å². The Bertz CT molecular complexity index is 3190. The van der Waals surface area contributed by atoms with Gasteiger partial charge < -0.3 is 9.32 Å². The van der Waals surface area contributed by atoms with Crippen molar-refractivity contribution in [1.82, 2.24) is 0 Å². The van der Waals surface area contributed by atoms with Crippen molar-refractivity contribution in [3.63, 3.8) is 0 Å². The molecule has 0 saturated carbocycles. The molecule has 1 aromatic heterocycles. The predicted octanol–water partition coefficient (Wildman–Crippen LogP) is 16.1. The van der Waals surface area contributed by atoms with Crippen molar-refractivity contribution in [2.24, 2.45) is 5.92 Å². The van der Waals surface area contributed by atoms with Crippen LogP contribution in [0, 0.1) is 5.92 Å². The molecule has 280 valence electrons. The molecule has 10 aromatic rings. The second kappa shape index (κ2) is 14.5. The molecule has 0 bridgehead atoms. The molecule has 59 heavy (non-hydrogen) atoms. The normalized spacial score (nSPS) is 13.5. The summed E-state index contributed by atoms with van der Waals surface area (Å²) in [6, 6.07) is 72.6. The molecule has 9 aromatic carbocycles. The lowest BCUT2D eigenvalue weighted by Gasteiger charge is -2.31. The first-order chi connectivity index (χ1) is 29.2. The molecule has 1 heterocycles. The first-order valence-electron chi connectivity index (χ1n) is 20.6. The summed E-state index contributed by atoms with van der Waals surface area (Å²) >= 11 is 0. The second-order valence-electron chi connectivity index (χ2n) is 15.8. The van der Waals surface area contributed by atoms with Gasteiger partial charge in [0, 0.05) is 27.6 Å². The number of allylic oxidation sites excluding steroid dienone is 1. The molecule has 11 rings (SSSR count). The van der Waals surface area contributed by atoms with Gasteiger partial charge in [-0.15, -0.1) is 0 Å². The van der Waals surface area contributed by atoms with Gasteiger partial charge >= 0.3 is 0 Å². The monoisotopic (exact) mass is 755 g/mol. The van der Waals surface area contributed by atoms with E-state index in [9.17, 15) is 0 Å². The van der Waals surface area contributed by atoms with Gasteiger partial charge in [0.1, 0.15) is 11.2 Å². The zero-order valence-electron chi connectivity index (χ0n) is 32.8. The Morgan fingerprint density at radius 1 is 0.424 bits per heavy atom. The average Bonchev–Trinajstić information content (AvgIpc) is 3.68. The molecular weight excluding hydrogens is 715 g/mol. The maximum Gasteiger partial charge on any atom is 0.136 e. The van der Waals surface area contributed by atoms with Gasteiger partial charge in [-0.1, -0.05) is 171 Å². The van der Waals surface area contributed by atoms with E-state index >= 15 is 0 Å². The molecule has 0 radical (unpaired) electrons. The number of fused-ring (bicyclic) bond motifs is 6. The zero-order chi connectivity index (χ0) is 39.3. The van der Waals surface area contributed by atoms with Crippen molar-refractivity contribution in [3.8, 4) is 44.5 Å². The van der Waals surface area contributed by atoms with E-state index < -0.39 is 0 Å². The van der Waals surface area contributed by atoms with Crippen molar-refractivity contribution in [3.05, 3.63) is 217 Å². The van der Waals surface area contributed by atoms with E-state index in [0.29, 0.717) is 5.92 Å². The van der Waals surface area contributed by atoms with Gasteiger partial charge in [-0.25, -0.2) is 0 Å². The van der Waals surface area contributed by atoms with Gasteiger partial charge in [0.2, 0.25) is 0 Å². The van der Waals surface area contributed by atoms with Crippen molar-refractivity contribution in [2.45, 2.75) is 13.3 Å². The molecule has 2 heteroatoms. The molecule has 1 aliphatic carbocycles. The largest absolute Gasteiger partial charge is 0.456 e. The summed E-state index contributed by atoms with van der Waals surface area (Å²) < 4.78 is 6.30. The van der Waals surface area contributed by atoms with Gasteiger partial charge in [0.05, 0.1) is 11.4 Å². The van der Waals surface area contributed by atoms with Crippen molar-refractivity contribution >= 4 is 55.8 Å². The first kappa shape index (κ1) is 34.8. The number of hydrogen-bond acceptors (Lipinski definition) is 2. The summed E-state index contributed by atoms with van der Waals surface area (Å²) in [4.78, 5) is 2.46. The third kappa shape index (κ3) is 6.22. The Balaban J connectivity index is 1.13. The smallest absolute Gasteiger partial charge is 0.136 e. The minimum Gasteiger partial charge on any atom is -0.456 e. The highest BCUT2D eigenvalue weighted by molar-refractivity contribution is 6.06. The number of para-hydroxylation sites is 2. The Morgan fingerprint density at radius 3 is 1.81 bits per heavy atom. The summed E-state index contributed by atoms with van der Waals surface area (Å²) in [5.41, 5.74) is 17.2. The van der Waals surface area contributed by atoms with Crippen LogP contribution in [-0.4, -0.2) is 0 Å². The Kier molecular flexibility index (Phi) is 8.56. The standard InChI is InChI=1S/C57H41NO/c1-38-24-25-43-35-53(49-20-9-8-19-48(49)52(43)34-38)44-29-32-47(41-16-6-3-7-17-41)55(36-44)58(54-22-12-10-18-46(54)40-14-4-2-5-15-40)45-30-26-39(27-31-45)42-28-33-51-50-21-11-13-23-56(50)59-57(51)37-42/h2-33,35-38H,34H2,1H3. The molecular formula is C57H41NO. The van der Waals surface area contributed by atoms with Crippen LogP contribution in [0.2, 0.25) is 0 Å². The Hall–Kier alpha value is -7.42. The van der Waals surface area contributed by atoms with E-state index in [4.69, 9.17) is 4.42 Å². The van der Waals surface area contributed by atoms with Crippen LogP contribution in [0.3, 0.4) is 0 Å². The molecule has 0 saturated heterocycles. The summed E-state index contributed by atoms with van der Waals surface area (Å²) in [7, 11) is 0. The van der Waals surface area contributed by atoms with E-state index in [2.05, 4.69) is 212 Å². The number of anilines is 3. The van der Waals surface area contributed by atoms with Gasteiger partial charge in [-0.3, -0.25) is 0 Å². The summed E-state index contributed by atoms with van der Waals surface area (Å²) in [6.45, 7) is 2.31. The Morgan fingerprint density at radius 2 is 1.03 bits per heavy atom. The lowest BCUT2D eigenvalue weighted by atomic mass is 9.83. The van der Waals surface area contributed by atoms with E-state index in [1.807, 2.05) is 12.1 Å². The minimum atomic E-state index is 0.520. The van der Waals surface area contributed by atoms with Crippen LogP contribution in [0.15, 0.2) is 211 Å². The quantitative estimate of drug-likeness (QED) is 0.161. The SMILES string of the molecule is CC1C=Cc2cc(-c3ccc(-c4ccccc4)c(N(c4ccc(-c5ccc6c(c5)oc5ccccc56)cc4)c4ccccc4-c4ccccc4)c3)c3ccccc3c2C1. The number of furan rings is 1. The van der Waals surface area contributed by atoms with E-state index in [-0.39, 0.29) is 0 Å². The van der Waals surface area contributed by atoms with Crippen LogP contribution >= 0.6 is 0 Å². The average molecular weight is 756 g/mol. The number of rotatable bonds is 7. The van der Waals surface area contributed by atoms with E-state index in [0.717, 1.165) is 67.7 Å². The van der Waals surface area contributed by atoms with Crippen molar-refractivity contribution in [2.75, 3.05) is 4.90 Å². The summed E-state index contributed by atoms with van der Waals surface area (Å²) in [5.74, 6) is 0.520. The second-order valence-corrected chi connectivity index (χ2v) is 15.8. The first-order valence-corrected chi connectivity index (χ1v) is 20.6. The minimum absolute atomic E-state index is 0.520. The fourth-order valence-corrected chi connectivity index (χ4v) is 9.12. The molecule has 1 unspecified atom stereocenters. The van der Waals surface area contributed by atoms with Gasteiger partial charge in [0.25, 0.3) is 0 Å². The topological polar surface area (TPSA) is 16.4 Å². The molecule has 0 fully saturated rings. The number of nitrogens with zero attached hydrogens (tertiary/aromatic N) is 1. The predicted molar refractivity (Wildman–Crippen MR) is 250 cm³/mol. The molecule has 1 aliphatic rings. The molecule has 0 spiro atoms. The fourth-order valence-electron chi connectivity index (χ4n) is 9.12. The highest BCUT2D eigenvalue weighted by Crippen LogP contribution is 2.47. The number of hydrogen-bond donors (Lipinski definition) is 0. The molecule has 2 nitrogen and oxygen atoms in total. The van der Waals surface area contributed by atoms with Crippen LogP contribution in [0.5, 0.6) is 0 Å². The highest BCUT2D eigenvalue weighted by Gasteiger charge is 2.23. The lowest BCUT2D eigenvalue weighted by molar-refractivity contribution is 0.669. The van der Waals surface area contributed by atoms with Crippen LogP contribution < -0.4 is 4.90 Å². The van der Waals surface area contributed by atoms with Crippen molar-refractivity contribution < 1.29 is 4.42 Å². The zero-order valence-corrected chi connectivity index (χ0v) is 32.8. The van der Waals surface area contributed by atoms with Crippen LogP contribution in [0.25, 0.3) is 83.3 Å². The maximum absolute atomic E-state index is 6.30. The van der Waals surface area contributed by atoms with Gasteiger partial charge in [-0.05, 0) is 116 Å². The number of benzene rings is 9.